The van der Waals surface area contributed by atoms with Crippen molar-refractivity contribution in [3.05, 3.63) is 41.8 Å². The summed E-state index contributed by atoms with van der Waals surface area (Å²) in [6.07, 6.45) is 2.19. The molecule has 8 heteroatoms. The maximum Gasteiger partial charge on any atom is 0.191 e. The Labute approximate surface area is 194 Å². The van der Waals surface area contributed by atoms with Crippen LogP contribution in [0.3, 0.4) is 0 Å². The van der Waals surface area contributed by atoms with Gasteiger partial charge in [-0.2, -0.15) is 0 Å². The molecule has 0 saturated carbocycles. The van der Waals surface area contributed by atoms with Gasteiger partial charge < -0.3 is 25.0 Å². The number of para-hydroxylation sites is 2. The third-order valence-electron chi connectivity index (χ3n) is 4.83. The zero-order valence-electron chi connectivity index (χ0n) is 17.3. The number of ether oxygens (including phenoxy) is 2. The molecule has 2 aromatic rings. The van der Waals surface area contributed by atoms with Crippen molar-refractivity contribution in [3.8, 4) is 11.5 Å². The summed E-state index contributed by atoms with van der Waals surface area (Å²) in [5.41, 5.74) is 0. The number of aliphatic imine (C=N–C) groups is 1. The van der Waals surface area contributed by atoms with E-state index in [1.54, 1.807) is 7.11 Å². The van der Waals surface area contributed by atoms with Gasteiger partial charge in [-0.25, -0.2) is 0 Å². The van der Waals surface area contributed by atoms with Crippen LogP contribution >= 0.6 is 35.3 Å². The standard InChI is InChI=1S/C21H30N4O2S.HI/c1-16(27-19-8-5-4-7-18(19)26-3)15-23-21(22-2)24-17-10-12-25(13-11-17)20-9-6-14-28-20;/h4-9,14,16-17H,10-13,15H2,1-3H3,(H2,22,23,24);1H. The Hall–Kier alpha value is -1.68. The van der Waals surface area contributed by atoms with E-state index in [1.165, 1.54) is 5.00 Å². The number of nitrogens with zero attached hydrogens (tertiary/aromatic N) is 2. The minimum Gasteiger partial charge on any atom is -0.493 e. The molecule has 1 atom stereocenters. The summed E-state index contributed by atoms with van der Waals surface area (Å²) in [5, 5.41) is 10.4. The Balaban J connectivity index is 0.00000300. The second-order valence-electron chi connectivity index (χ2n) is 6.89. The lowest BCUT2D eigenvalue weighted by Crippen LogP contribution is -2.50. The third-order valence-corrected chi connectivity index (χ3v) is 5.76. The van der Waals surface area contributed by atoms with Crippen LogP contribution in [0.5, 0.6) is 11.5 Å². The van der Waals surface area contributed by atoms with Crippen molar-refractivity contribution in [1.82, 2.24) is 10.6 Å². The van der Waals surface area contributed by atoms with E-state index < -0.39 is 0 Å². The first-order valence-electron chi connectivity index (χ1n) is 9.75. The van der Waals surface area contributed by atoms with E-state index in [-0.39, 0.29) is 30.1 Å². The third kappa shape index (κ3) is 6.95. The molecule has 0 bridgehead atoms. The number of hydrogen-bond acceptors (Lipinski definition) is 5. The zero-order chi connectivity index (χ0) is 19.8. The van der Waals surface area contributed by atoms with Crippen LogP contribution in [0.4, 0.5) is 5.00 Å². The first kappa shape index (κ1) is 23.6. The smallest absolute Gasteiger partial charge is 0.191 e. The fourth-order valence-electron chi connectivity index (χ4n) is 3.30. The van der Waals surface area contributed by atoms with Gasteiger partial charge in [0, 0.05) is 26.2 Å². The van der Waals surface area contributed by atoms with Gasteiger partial charge in [0.15, 0.2) is 17.5 Å². The fourth-order valence-corrected chi connectivity index (χ4v) is 4.08. The molecule has 1 saturated heterocycles. The SMILES string of the molecule is CN=C(NCC(C)Oc1ccccc1OC)NC1CCN(c2cccs2)CC1.I. The summed E-state index contributed by atoms with van der Waals surface area (Å²) in [4.78, 5) is 6.83. The van der Waals surface area contributed by atoms with Crippen molar-refractivity contribution in [2.45, 2.75) is 31.9 Å². The predicted molar refractivity (Wildman–Crippen MR) is 133 cm³/mol. The van der Waals surface area contributed by atoms with Gasteiger partial charge in [0.2, 0.25) is 0 Å². The summed E-state index contributed by atoms with van der Waals surface area (Å²) >= 11 is 1.81. The van der Waals surface area contributed by atoms with E-state index in [9.17, 15) is 0 Å². The second-order valence-corrected chi connectivity index (χ2v) is 7.82. The number of nitrogens with one attached hydrogen (secondary N) is 2. The number of rotatable bonds is 7. The lowest BCUT2D eigenvalue weighted by Gasteiger charge is -2.33. The molecule has 160 valence electrons. The molecule has 0 spiro atoms. The van der Waals surface area contributed by atoms with Crippen LogP contribution in [0, 0.1) is 0 Å². The molecular weight excluding hydrogens is 499 g/mol. The number of methoxy groups -OCH3 is 1. The first-order valence-corrected chi connectivity index (χ1v) is 10.6. The molecule has 0 amide bonds. The van der Waals surface area contributed by atoms with E-state index in [2.05, 4.69) is 38.0 Å². The summed E-state index contributed by atoms with van der Waals surface area (Å²) in [5.74, 6) is 2.32. The number of guanidine groups is 1. The van der Waals surface area contributed by atoms with Crippen molar-refractivity contribution < 1.29 is 9.47 Å². The lowest BCUT2D eigenvalue weighted by molar-refractivity contribution is 0.213. The zero-order valence-corrected chi connectivity index (χ0v) is 20.4. The Morgan fingerprint density at radius 1 is 1.21 bits per heavy atom. The number of hydrogen-bond donors (Lipinski definition) is 2. The molecule has 1 aliphatic heterocycles. The number of anilines is 1. The predicted octanol–water partition coefficient (Wildman–Crippen LogP) is 3.98. The number of thiophene rings is 1. The first-order chi connectivity index (χ1) is 13.7. The summed E-state index contributed by atoms with van der Waals surface area (Å²) < 4.78 is 11.3. The van der Waals surface area contributed by atoms with Crippen molar-refractivity contribution in [2.75, 3.05) is 38.7 Å². The number of halogens is 1. The highest BCUT2D eigenvalue weighted by Crippen LogP contribution is 2.27. The van der Waals surface area contributed by atoms with Crippen LogP contribution in [-0.4, -0.2) is 51.9 Å². The van der Waals surface area contributed by atoms with Crippen LogP contribution in [0.15, 0.2) is 46.8 Å². The van der Waals surface area contributed by atoms with Crippen molar-refractivity contribution in [2.24, 2.45) is 4.99 Å². The van der Waals surface area contributed by atoms with Gasteiger partial charge in [-0.15, -0.1) is 35.3 Å². The largest absolute Gasteiger partial charge is 0.493 e. The minimum absolute atomic E-state index is 0. The van der Waals surface area contributed by atoms with Crippen molar-refractivity contribution in [1.29, 1.82) is 0 Å². The normalized spacial score (nSPS) is 16.0. The monoisotopic (exact) mass is 530 g/mol. The topological polar surface area (TPSA) is 58.1 Å². The molecule has 3 rings (SSSR count). The molecule has 6 nitrogen and oxygen atoms in total. The van der Waals surface area contributed by atoms with E-state index in [1.807, 2.05) is 49.6 Å². The van der Waals surface area contributed by atoms with Gasteiger partial charge in [-0.3, -0.25) is 4.99 Å². The highest BCUT2D eigenvalue weighted by atomic mass is 127. The average Bonchev–Trinajstić information content (AvgIpc) is 3.27. The van der Waals surface area contributed by atoms with Gasteiger partial charge in [-0.1, -0.05) is 12.1 Å². The van der Waals surface area contributed by atoms with Gasteiger partial charge >= 0.3 is 0 Å². The van der Waals surface area contributed by atoms with Crippen LogP contribution in [0.25, 0.3) is 0 Å². The lowest BCUT2D eigenvalue weighted by atomic mass is 10.1. The molecule has 1 aromatic carbocycles. The van der Waals surface area contributed by atoms with Crippen LogP contribution < -0.4 is 25.0 Å². The minimum atomic E-state index is -0.0180. The summed E-state index contributed by atoms with van der Waals surface area (Å²) in [6, 6.07) is 12.5. The second kappa shape index (κ2) is 12.1. The number of piperidine rings is 1. The Bertz CT molecular complexity index is 749. The number of benzene rings is 1. The van der Waals surface area contributed by atoms with E-state index in [4.69, 9.17) is 9.47 Å². The summed E-state index contributed by atoms with van der Waals surface area (Å²) in [7, 11) is 3.46. The van der Waals surface area contributed by atoms with Crippen LogP contribution in [0.1, 0.15) is 19.8 Å². The molecule has 1 fully saturated rings. The van der Waals surface area contributed by atoms with E-state index in [0.29, 0.717) is 12.6 Å². The van der Waals surface area contributed by atoms with E-state index >= 15 is 0 Å². The maximum atomic E-state index is 6.00. The van der Waals surface area contributed by atoms with Crippen LogP contribution in [-0.2, 0) is 0 Å². The molecular formula is C21H31IN4O2S. The highest BCUT2D eigenvalue weighted by molar-refractivity contribution is 14.0. The highest BCUT2D eigenvalue weighted by Gasteiger charge is 2.21. The molecule has 1 aromatic heterocycles. The molecule has 2 heterocycles. The molecule has 0 aliphatic carbocycles. The van der Waals surface area contributed by atoms with E-state index in [0.717, 1.165) is 43.4 Å². The molecule has 1 aliphatic rings. The molecule has 29 heavy (non-hydrogen) atoms. The molecule has 0 radical (unpaired) electrons. The fraction of sp³-hybridized carbons (Fsp3) is 0.476. The Kier molecular flexibility index (Phi) is 9.86. The average molecular weight is 530 g/mol. The van der Waals surface area contributed by atoms with Crippen molar-refractivity contribution in [3.63, 3.8) is 0 Å². The van der Waals surface area contributed by atoms with Crippen LogP contribution in [0.2, 0.25) is 0 Å². The van der Waals surface area contributed by atoms with Gasteiger partial charge in [0.25, 0.3) is 0 Å². The summed E-state index contributed by atoms with van der Waals surface area (Å²) in [6.45, 7) is 4.84. The Morgan fingerprint density at radius 3 is 2.55 bits per heavy atom. The molecule has 2 N–H and O–H groups in total. The van der Waals surface area contributed by atoms with Crippen molar-refractivity contribution >= 4 is 46.3 Å². The Morgan fingerprint density at radius 2 is 1.93 bits per heavy atom. The quantitative estimate of drug-likeness (QED) is 0.323. The maximum absolute atomic E-state index is 6.00. The van der Waals surface area contributed by atoms with Gasteiger partial charge in [0.1, 0.15) is 6.10 Å². The van der Waals surface area contributed by atoms with Gasteiger partial charge in [-0.05, 0) is 49.4 Å². The van der Waals surface area contributed by atoms with Gasteiger partial charge in [0.05, 0.1) is 18.7 Å². The molecule has 1 unspecified atom stereocenters.